The Balaban J connectivity index is 2.95. The minimum Gasteiger partial charge on any atom is -0.495 e. The van der Waals surface area contributed by atoms with E-state index in [-0.39, 0.29) is 5.82 Å². The molecule has 1 rings (SSSR count). The van der Waals surface area contributed by atoms with Crippen LogP contribution in [0.15, 0.2) is 18.2 Å². The Bertz CT molecular complexity index is 267. The van der Waals surface area contributed by atoms with Gasteiger partial charge in [-0.15, -0.1) is 0 Å². The molecule has 1 N–H and O–H groups in total. The van der Waals surface area contributed by atoms with Crippen molar-refractivity contribution in [2.24, 2.45) is 0 Å². The number of methoxy groups -OCH3 is 1. The van der Waals surface area contributed by atoms with Crippen molar-refractivity contribution in [1.82, 2.24) is 0 Å². The molecule has 0 aromatic heterocycles. The van der Waals surface area contributed by atoms with Gasteiger partial charge in [0.15, 0.2) is 0 Å². The van der Waals surface area contributed by atoms with Gasteiger partial charge < -0.3 is 10.1 Å². The molecule has 0 saturated heterocycles. The number of nitrogens with one attached hydrogen (secondary N) is 1. The summed E-state index contributed by atoms with van der Waals surface area (Å²) in [6, 6.07) is 4.33. The largest absolute Gasteiger partial charge is 0.495 e. The lowest BCUT2D eigenvalue weighted by molar-refractivity contribution is 0.415. The number of benzene rings is 1. The summed E-state index contributed by atoms with van der Waals surface area (Å²) in [6.45, 7) is 0. The summed E-state index contributed by atoms with van der Waals surface area (Å²) in [4.78, 5) is 0. The molecule has 0 unspecified atom stereocenters. The molecule has 0 amide bonds. The van der Waals surface area contributed by atoms with Crippen molar-refractivity contribution in [2.75, 3.05) is 17.9 Å². The Morgan fingerprint density at radius 2 is 2.33 bits per heavy atom. The molecule has 66 valence electrons. The molecule has 0 atom stereocenters. The number of hydrogen-bond acceptors (Lipinski definition) is 2. The molecule has 0 fully saturated rings. The SMILES string of the molecule is COc1ccc(F)cc1NCBr. The highest BCUT2D eigenvalue weighted by molar-refractivity contribution is 9.09. The maximum absolute atomic E-state index is 12.7. The van der Waals surface area contributed by atoms with Crippen molar-refractivity contribution in [3.05, 3.63) is 24.0 Å². The van der Waals surface area contributed by atoms with Crippen LogP contribution in [0.25, 0.3) is 0 Å². The quantitative estimate of drug-likeness (QED) is 0.641. The molecule has 4 heteroatoms. The Kier molecular flexibility index (Phi) is 3.34. The van der Waals surface area contributed by atoms with Crippen LogP contribution in [-0.2, 0) is 0 Å². The molecular formula is C8H9BrFNO. The van der Waals surface area contributed by atoms with E-state index in [9.17, 15) is 4.39 Å². The first-order valence-corrected chi connectivity index (χ1v) is 4.53. The summed E-state index contributed by atoms with van der Waals surface area (Å²) in [7, 11) is 1.55. The Hall–Kier alpha value is -0.770. The Morgan fingerprint density at radius 1 is 1.58 bits per heavy atom. The molecule has 0 spiro atoms. The van der Waals surface area contributed by atoms with Gasteiger partial charge in [0.25, 0.3) is 0 Å². The molecule has 1 aromatic carbocycles. The highest BCUT2D eigenvalue weighted by Crippen LogP contribution is 2.24. The lowest BCUT2D eigenvalue weighted by atomic mass is 10.3. The number of hydrogen-bond donors (Lipinski definition) is 1. The zero-order chi connectivity index (χ0) is 8.97. The van der Waals surface area contributed by atoms with Gasteiger partial charge in [0.1, 0.15) is 11.6 Å². The van der Waals surface area contributed by atoms with E-state index < -0.39 is 0 Å². The van der Waals surface area contributed by atoms with Gasteiger partial charge in [0.2, 0.25) is 0 Å². The van der Waals surface area contributed by atoms with Crippen molar-refractivity contribution in [3.63, 3.8) is 0 Å². The Labute approximate surface area is 78.9 Å². The standard InChI is InChI=1S/C8H9BrFNO/c1-12-8-3-2-6(10)4-7(8)11-5-9/h2-4,11H,5H2,1H3. The maximum Gasteiger partial charge on any atom is 0.142 e. The van der Waals surface area contributed by atoms with Crippen LogP contribution in [0, 0.1) is 5.82 Å². The molecule has 0 aliphatic heterocycles. The zero-order valence-corrected chi connectivity index (χ0v) is 8.19. The minimum atomic E-state index is -0.278. The first-order valence-electron chi connectivity index (χ1n) is 3.41. The molecule has 0 aliphatic rings. The number of alkyl halides is 1. The van der Waals surface area contributed by atoms with Crippen molar-refractivity contribution in [3.8, 4) is 5.75 Å². The van der Waals surface area contributed by atoms with Gasteiger partial charge in [-0.3, -0.25) is 0 Å². The predicted octanol–water partition coefficient (Wildman–Crippen LogP) is 2.60. The molecule has 2 nitrogen and oxygen atoms in total. The monoisotopic (exact) mass is 233 g/mol. The van der Waals surface area contributed by atoms with Gasteiger partial charge in [-0.05, 0) is 12.1 Å². The third kappa shape index (κ3) is 2.11. The minimum absolute atomic E-state index is 0.278. The second kappa shape index (κ2) is 4.30. The molecule has 1 aromatic rings. The van der Waals surface area contributed by atoms with Crippen LogP contribution >= 0.6 is 15.9 Å². The molecule has 0 radical (unpaired) electrons. The molecular weight excluding hydrogens is 225 g/mol. The van der Waals surface area contributed by atoms with Crippen molar-refractivity contribution < 1.29 is 9.13 Å². The van der Waals surface area contributed by atoms with Crippen LogP contribution in [0.4, 0.5) is 10.1 Å². The van der Waals surface area contributed by atoms with Gasteiger partial charge in [0.05, 0.1) is 18.3 Å². The molecule has 0 aliphatic carbocycles. The lowest BCUT2D eigenvalue weighted by Crippen LogP contribution is -1.97. The zero-order valence-electron chi connectivity index (χ0n) is 6.60. The third-order valence-electron chi connectivity index (χ3n) is 1.42. The second-order valence-electron chi connectivity index (χ2n) is 2.16. The summed E-state index contributed by atoms with van der Waals surface area (Å²) >= 11 is 3.18. The highest BCUT2D eigenvalue weighted by Gasteiger charge is 2.01. The molecule has 12 heavy (non-hydrogen) atoms. The van der Waals surface area contributed by atoms with E-state index in [2.05, 4.69) is 21.2 Å². The lowest BCUT2D eigenvalue weighted by Gasteiger charge is -2.08. The van der Waals surface area contributed by atoms with Crippen molar-refractivity contribution in [1.29, 1.82) is 0 Å². The van der Waals surface area contributed by atoms with Crippen molar-refractivity contribution >= 4 is 21.6 Å². The molecule has 0 saturated carbocycles. The topological polar surface area (TPSA) is 21.3 Å². The fraction of sp³-hybridized carbons (Fsp3) is 0.250. The van der Waals surface area contributed by atoms with E-state index >= 15 is 0 Å². The number of ether oxygens (including phenoxy) is 1. The van der Waals surface area contributed by atoms with E-state index in [1.807, 2.05) is 0 Å². The third-order valence-corrected chi connectivity index (χ3v) is 1.70. The maximum atomic E-state index is 12.7. The average Bonchev–Trinajstić information content (AvgIpc) is 2.05. The van der Waals surface area contributed by atoms with Gasteiger partial charge in [-0.1, -0.05) is 15.9 Å². The number of halogens is 2. The van der Waals surface area contributed by atoms with Crippen LogP contribution < -0.4 is 10.1 Å². The van der Waals surface area contributed by atoms with Gasteiger partial charge in [0, 0.05) is 6.07 Å². The smallest absolute Gasteiger partial charge is 0.142 e. The van der Waals surface area contributed by atoms with Crippen LogP contribution in [0.2, 0.25) is 0 Å². The average molecular weight is 234 g/mol. The fourth-order valence-corrected chi connectivity index (χ4v) is 1.19. The van der Waals surface area contributed by atoms with E-state index in [1.165, 1.54) is 12.1 Å². The summed E-state index contributed by atoms with van der Waals surface area (Å²) in [5.74, 6) is 0.357. The predicted molar refractivity (Wildman–Crippen MR) is 50.4 cm³/mol. The second-order valence-corrected chi connectivity index (χ2v) is 2.72. The normalized spacial score (nSPS) is 9.58. The van der Waals surface area contributed by atoms with E-state index in [1.54, 1.807) is 13.2 Å². The van der Waals surface area contributed by atoms with Crippen LogP contribution in [0.1, 0.15) is 0 Å². The van der Waals surface area contributed by atoms with E-state index in [0.717, 1.165) is 0 Å². The van der Waals surface area contributed by atoms with Crippen LogP contribution in [-0.4, -0.2) is 12.6 Å². The summed E-state index contributed by atoms with van der Waals surface area (Å²) in [5, 5.41) is 2.92. The summed E-state index contributed by atoms with van der Waals surface area (Å²) < 4.78 is 17.7. The van der Waals surface area contributed by atoms with Gasteiger partial charge >= 0.3 is 0 Å². The van der Waals surface area contributed by atoms with Gasteiger partial charge in [-0.25, -0.2) is 4.39 Å². The summed E-state index contributed by atoms with van der Waals surface area (Å²) in [5.41, 5.74) is 1.21. The molecule has 0 heterocycles. The van der Waals surface area contributed by atoms with Crippen LogP contribution in [0.3, 0.4) is 0 Å². The molecule has 0 bridgehead atoms. The fourth-order valence-electron chi connectivity index (χ4n) is 0.890. The highest BCUT2D eigenvalue weighted by atomic mass is 79.9. The Morgan fingerprint density at radius 3 is 2.92 bits per heavy atom. The number of anilines is 1. The van der Waals surface area contributed by atoms with Gasteiger partial charge in [-0.2, -0.15) is 0 Å². The van der Waals surface area contributed by atoms with E-state index in [0.29, 0.717) is 16.9 Å². The summed E-state index contributed by atoms with van der Waals surface area (Å²) in [6.07, 6.45) is 0. The number of rotatable bonds is 3. The van der Waals surface area contributed by atoms with Crippen LogP contribution in [0.5, 0.6) is 5.75 Å². The first-order chi connectivity index (χ1) is 5.77. The van der Waals surface area contributed by atoms with Crippen molar-refractivity contribution in [2.45, 2.75) is 0 Å². The first kappa shape index (κ1) is 9.32. The van der Waals surface area contributed by atoms with E-state index in [4.69, 9.17) is 4.74 Å².